The molecule has 2 heterocycles. The van der Waals surface area contributed by atoms with Crippen LogP contribution in [0, 0.1) is 0 Å². The minimum atomic E-state index is -3.42. The summed E-state index contributed by atoms with van der Waals surface area (Å²) in [4.78, 5) is 4.08. The van der Waals surface area contributed by atoms with E-state index >= 15 is 0 Å². The van der Waals surface area contributed by atoms with Crippen molar-refractivity contribution in [3.05, 3.63) is 16.6 Å². The smallest absolute Gasteiger partial charge is 0.280 e. The molecule has 0 bridgehead atoms. The average Bonchev–Trinajstić information content (AvgIpc) is 2.91. The van der Waals surface area contributed by atoms with Gasteiger partial charge in [0.1, 0.15) is 0 Å². The van der Waals surface area contributed by atoms with Gasteiger partial charge < -0.3 is 5.32 Å². The van der Waals surface area contributed by atoms with Crippen molar-refractivity contribution < 1.29 is 8.42 Å². The maximum Gasteiger partial charge on any atom is 0.280 e. The Kier molecular flexibility index (Phi) is 5.28. The van der Waals surface area contributed by atoms with E-state index in [0.29, 0.717) is 13.1 Å². The minimum Gasteiger partial charge on any atom is -0.318 e. The molecular weight excluding hydrogens is 284 g/mol. The third kappa shape index (κ3) is 3.96. The Morgan fingerprint density at radius 1 is 1.53 bits per heavy atom. The zero-order chi connectivity index (χ0) is 13.7. The van der Waals surface area contributed by atoms with E-state index in [1.54, 1.807) is 9.82 Å². The molecule has 1 unspecified atom stereocenters. The third-order valence-electron chi connectivity index (χ3n) is 3.24. The number of rotatable bonds is 6. The van der Waals surface area contributed by atoms with Crippen LogP contribution >= 0.6 is 11.3 Å². The van der Waals surface area contributed by atoms with Crippen LogP contribution in [0.2, 0.25) is 0 Å². The highest BCUT2D eigenvalue weighted by Crippen LogP contribution is 2.19. The standard InChI is InChI=1S/C11H20N4O2S2/c1-12-7-11-4-2-3-5-15(11)19(16,17)14-6-10-8-18-9-13-10/h8-9,11-12,14H,2-7H2,1H3. The molecule has 1 atom stereocenters. The Balaban J connectivity index is 2.00. The Morgan fingerprint density at radius 3 is 3.05 bits per heavy atom. The number of hydrogen-bond acceptors (Lipinski definition) is 5. The van der Waals surface area contributed by atoms with Gasteiger partial charge in [0.25, 0.3) is 10.2 Å². The molecule has 0 spiro atoms. The van der Waals surface area contributed by atoms with Crippen molar-refractivity contribution in [2.45, 2.75) is 31.8 Å². The van der Waals surface area contributed by atoms with E-state index in [1.165, 1.54) is 11.3 Å². The fourth-order valence-electron chi connectivity index (χ4n) is 2.30. The topological polar surface area (TPSA) is 74.3 Å². The van der Waals surface area contributed by atoms with Crippen LogP contribution in [0.3, 0.4) is 0 Å². The molecule has 108 valence electrons. The fraction of sp³-hybridized carbons (Fsp3) is 0.727. The molecule has 2 rings (SSSR count). The summed E-state index contributed by atoms with van der Waals surface area (Å²) in [7, 11) is -1.57. The number of thiazole rings is 1. The molecule has 1 aromatic rings. The normalized spacial score (nSPS) is 21.6. The van der Waals surface area contributed by atoms with E-state index in [0.717, 1.165) is 25.0 Å². The molecule has 6 nitrogen and oxygen atoms in total. The highest BCUT2D eigenvalue weighted by atomic mass is 32.2. The van der Waals surface area contributed by atoms with Gasteiger partial charge in [-0.15, -0.1) is 11.3 Å². The Hall–Kier alpha value is -0.540. The fourth-order valence-corrected chi connectivity index (χ4v) is 4.30. The van der Waals surface area contributed by atoms with Gasteiger partial charge in [0.05, 0.1) is 17.7 Å². The van der Waals surface area contributed by atoms with Crippen LogP contribution in [0.1, 0.15) is 25.0 Å². The van der Waals surface area contributed by atoms with E-state index in [2.05, 4.69) is 15.0 Å². The predicted octanol–water partition coefficient (Wildman–Crippen LogP) is 0.551. The van der Waals surface area contributed by atoms with Gasteiger partial charge in [-0.05, 0) is 19.9 Å². The van der Waals surface area contributed by atoms with Crippen LogP contribution in [0.15, 0.2) is 10.9 Å². The second-order valence-electron chi connectivity index (χ2n) is 4.62. The average molecular weight is 304 g/mol. The van der Waals surface area contributed by atoms with Gasteiger partial charge in [-0.1, -0.05) is 6.42 Å². The summed E-state index contributed by atoms with van der Waals surface area (Å²) in [5, 5.41) is 4.92. The van der Waals surface area contributed by atoms with Gasteiger partial charge in [0.15, 0.2) is 0 Å². The van der Waals surface area contributed by atoms with E-state index in [9.17, 15) is 8.42 Å². The monoisotopic (exact) mass is 304 g/mol. The first-order valence-electron chi connectivity index (χ1n) is 6.41. The van der Waals surface area contributed by atoms with Crippen molar-refractivity contribution in [2.24, 2.45) is 0 Å². The molecule has 0 amide bonds. The van der Waals surface area contributed by atoms with Crippen LogP contribution in [0.4, 0.5) is 0 Å². The van der Waals surface area contributed by atoms with Gasteiger partial charge in [-0.3, -0.25) is 0 Å². The zero-order valence-corrected chi connectivity index (χ0v) is 12.6. The first kappa shape index (κ1) is 14.9. The summed E-state index contributed by atoms with van der Waals surface area (Å²) in [6, 6.07) is 0.0479. The summed E-state index contributed by atoms with van der Waals surface area (Å²) >= 11 is 1.46. The number of piperidine rings is 1. The van der Waals surface area contributed by atoms with Gasteiger partial charge in [0, 0.05) is 24.5 Å². The van der Waals surface area contributed by atoms with Crippen LogP contribution < -0.4 is 10.0 Å². The number of nitrogens with zero attached hydrogens (tertiary/aromatic N) is 2. The van der Waals surface area contributed by atoms with Gasteiger partial charge in [-0.2, -0.15) is 17.4 Å². The van der Waals surface area contributed by atoms with E-state index in [4.69, 9.17) is 0 Å². The van der Waals surface area contributed by atoms with Crippen molar-refractivity contribution in [2.75, 3.05) is 20.1 Å². The van der Waals surface area contributed by atoms with Crippen molar-refractivity contribution in [1.82, 2.24) is 19.3 Å². The zero-order valence-electron chi connectivity index (χ0n) is 11.0. The Bertz CT molecular complexity index is 473. The number of aromatic nitrogens is 1. The van der Waals surface area contributed by atoms with Crippen LogP contribution in [-0.4, -0.2) is 43.9 Å². The molecule has 0 saturated carbocycles. The molecule has 8 heteroatoms. The molecule has 0 aliphatic carbocycles. The lowest BCUT2D eigenvalue weighted by Gasteiger charge is -2.34. The van der Waals surface area contributed by atoms with Gasteiger partial charge >= 0.3 is 0 Å². The number of likely N-dealkylation sites (N-methyl/N-ethyl adjacent to an activating group) is 1. The van der Waals surface area contributed by atoms with Crippen molar-refractivity contribution in [3.63, 3.8) is 0 Å². The summed E-state index contributed by atoms with van der Waals surface area (Å²) in [6.45, 7) is 1.55. The van der Waals surface area contributed by atoms with Crippen LogP contribution in [0.25, 0.3) is 0 Å². The van der Waals surface area contributed by atoms with E-state index < -0.39 is 10.2 Å². The van der Waals surface area contributed by atoms with Crippen LogP contribution in [0.5, 0.6) is 0 Å². The minimum absolute atomic E-state index is 0.0479. The molecule has 0 radical (unpaired) electrons. The van der Waals surface area contributed by atoms with Gasteiger partial charge in [-0.25, -0.2) is 4.98 Å². The number of nitrogens with one attached hydrogen (secondary N) is 2. The Morgan fingerprint density at radius 2 is 2.37 bits per heavy atom. The molecule has 0 aromatic carbocycles. The lowest BCUT2D eigenvalue weighted by molar-refractivity contribution is 0.246. The Labute approximate surface area is 118 Å². The van der Waals surface area contributed by atoms with E-state index in [-0.39, 0.29) is 12.6 Å². The molecule has 1 aromatic heterocycles. The molecule has 1 aliphatic rings. The summed E-state index contributed by atoms with van der Waals surface area (Å²) < 4.78 is 28.9. The summed E-state index contributed by atoms with van der Waals surface area (Å²) in [6.07, 6.45) is 2.93. The van der Waals surface area contributed by atoms with E-state index in [1.807, 2.05) is 12.4 Å². The lowest BCUT2D eigenvalue weighted by Crippen LogP contribution is -2.51. The lowest BCUT2D eigenvalue weighted by atomic mass is 10.1. The largest absolute Gasteiger partial charge is 0.318 e. The van der Waals surface area contributed by atoms with Crippen molar-refractivity contribution in [1.29, 1.82) is 0 Å². The molecule has 19 heavy (non-hydrogen) atoms. The summed E-state index contributed by atoms with van der Waals surface area (Å²) in [5.74, 6) is 0. The maximum atomic E-state index is 12.3. The predicted molar refractivity (Wildman–Crippen MR) is 76.1 cm³/mol. The SMILES string of the molecule is CNCC1CCCCN1S(=O)(=O)NCc1cscn1. The van der Waals surface area contributed by atoms with Crippen molar-refractivity contribution in [3.8, 4) is 0 Å². The molecule has 1 saturated heterocycles. The summed E-state index contributed by atoms with van der Waals surface area (Å²) in [5.41, 5.74) is 2.46. The molecule has 1 fully saturated rings. The molecule has 1 aliphatic heterocycles. The third-order valence-corrected chi connectivity index (χ3v) is 5.48. The highest BCUT2D eigenvalue weighted by Gasteiger charge is 2.31. The molecular formula is C11H20N4O2S2. The molecule has 2 N–H and O–H groups in total. The second kappa shape index (κ2) is 6.76. The quantitative estimate of drug-likeness (QED) is 0.805. The first-order chi connectivity index (χ1) is 9.13. The van der Waals surface area contributed by atoms with Gasteiger partial charge in [0.2, 0.25) is 0 Å². The first-order valence-corrected chi connectivity index (χ1v) is 8.80. The number of hydrogen-bond donors (Lipinski definition) is 2. The maximum absolute atomic E-state index is 12.3. The second-order valence-corrected chi connectivity index (χ2v) is 7.05. The highest BCUT2D eigenvalue weighted by molar-refractivity contribution is 7.87. The van der Waals surface area contributed by atoms with Crippen molar-refractivity contribution >= 4 is 21.5 Å². The van der Waals surface area contributed by atoms with Crippen LogP contribution in [-0.2, 0) is 16.8 Å².